The van der Waals surface area contributed by atoms with E-state index in [9.17, 15) is 4.79 Å². The third-order valence-corrected chi connectivity index (χ3v) is 3.57. The van der Waals surface area contributed by atoms with Gasteiger partial charge < -0.3 is 15.6 Å². The van der Waals surface area contributed by atoms with E-state index in [1.807, 2.05) is 48.5 Å². The number of anilines is 1. The summed E-state index contributed by atoms with van der Waals surface area (Å²) in [6, 6.07) is 15.4. The number of carbonyl (C=O) groups is 1. The zero-order valence-electron chi connectivity index (χ0n) is 11.8. The molecule has 1 aromatic heterocycles. The van der Waals surface area contributed by atoms with E-state index >= 15 is 0 Å². The van der Waals surface area contributed by atoms with Crippen LogP contribution >= 0.6 is 0 Å². The monoisotopic (exact) mass is 279 g/mol. The van der Waals surface area contributed by atoms with E-state index in [4.69, 9.17) is 5.73 Å². The van der Waals surface area contributed by atoms with Crippen molar-refractivity contribution in [1.82, 2.24) is 9.88 Å². The van der Waals surface area contributed by atoms with Crippen LogP contribution in [0.15, 0.2) is 54.7 Å². The number of nitrogens with zero attached hydrogens (tertiary/aromatic N) is 1. The molecule has 0 saturated heterocycles. The first kappa shape index (κ1) is 13.2. The van der Waals surface area contributed by atoms with Crippen LogP contribution in [-0.4, -0.2) is 22.8 Å². The van der Waals surface area contributed by atoms with Gasteiger partial charge >= 0.3 is 0 Å². The summed E-state index contributed by atoms with van der Waals surface area (Å²) in [5, 5.41) is 0.951. The Morgan fingerprint density at radius 2 is 1.86 bits per heavy atom. The normalized spacial score (nSPS) is 10.7. The molecule has 0 fully saturated rings. The lowest BCUT2D eigenvalue weighted by Gasteiger charge is -2.17. The Labute approximate surface area is 123 Å². The molecule has 0 aliphatic rings. The van der Waals surface area contributed by atoms with E-state index in [2.05, 4.69) is 4.98 Å². The highest BCUT2D eigenvalue weighted by atomic mass is 16.2. The van der Waals surface area contributed by atoms with Crippen LogP contribution in [-0.2, 0) is 6.54 Å². The minimum absolute atomic E-state index is 0.00396. The molecule has 21 heavy (non-hydrogen) atoms. The number of para-hydroxylation sites is 1. The van der Waals surface area contributed by atoms with E-state index in [0.29, 0.717) is 12.1 Å². The summed E-state index contributed by atoms with van der Waals surface area (Å²) < 4.78 is 0. The number of hydrogen-bond donors (Lipinski definition) is 2. The Kier molecular flexibility index (Phi) is 3.36. The quantitative estimate of drug-likeness (QED) is 0.724. The van der Waals surface area contributed by atoms with E-state index in [1.54, 1.807) is 18.1 Å². The molecule has 0 unspecified atom stereocenters. The second-order valence-corrected chi connectivity index (χ2v) is 5.15. The number of hydrogen-bond acceptors (Lipinski definition) is 2. The lowest BCUT2D eigenvalue weighted by Crippen LogP contribution is -2.25. The Morgan fingerprint density at radius 3 is 2.62 bits per heavy atom. The molecule has 4 nitrogen and oxygen atoms in total. The number of nitrogens with two attached hydrogens (primary N) is 1. The highest BCUT2D eigenvalue weighted by Gasteiger charge is 2.16. The molecule has 0 saturated carbocycles. The van der Waals surface area contributed by atoms with Crippen LogP contribution in [0.2, 0.25) is 0 Å². The highest BCUT2D eigenvalue weighted by Crippen LogP contribution is 2.19. The summed E-state index contributed by atoms with van der Waals surface area (Å²) in [7, 11) is 1.81. The van der Waals surface area contributed by atoms with Crippen molar-refractivity contribution in [2.45, 2.75) is 6.54 Å². The van der Waals surface area contributed by atoms with Gasteiger partial charge in [-0.25, -0.2) is 0 Å². The maximum absolute atomic E-state index is 12.6. The van der Waals surface area contributed by atoms with Gasteiger partial charge in [-0.05, 0) is 23.8 Å². The summed E-state index contributed by atoms with van der Waals surface area (Å²) in [5.41, 5.74) is 9.13. The number of nitrogen functional groups attached to an aromatic ring is 1. The molecular weight excluding hydrogens is 262 g/mol. The number of benzene rings is 2. The highest BCUT2D eigenvalue weighted by molar-refractivity contribution is 6.06. The van der Waals surface area contributed by atoms with Crippen LogP contribution in [0.3, 0.4) is 0 Å². The number of amides is 1. The SMILES string of the molecule is CN(Cc1ccc(N)cc1)C(=O)c1c[nH]c2ccccc12. The number of fused-ring (bicyclic) bond motifs is 1. The van der Waals surface area contributed by atoms with Crippen LogP contribution < -0.4 is 5.73 Å². The molecule has 1 amide bonds. The van der Waals surface area contributed by atoms with E-state index < -0.39 is 0 Å². The number of H-pyrrole nitrogens is 1. The molecule has 3 N–H and O–H groups in total. The first-order chi connectivity index (χ1) is 10.1. The lowest BCUT2D eigenvalue weighted by atomic mass is 10.1. The lowest BCUT2D eigenvalue weighted by molar-refractivity contribution is 0.0787. The largest absolute Gasteiger partial charge is 0.399 e. The molecule has 4 heteroatoms. The molecule has 0 spiro atoms. The number of carbonyl (C=O) groups excluding carboxylic acids is 1. The maximum Gasteiger partial charge on any atom is 0.256 e. The number of nitrogens with one attached hydrogen (secondary N) is 1. The Morgan fingerprint density at radius 1 is 1.14 bits per heavy atom. The van der Waals surface area contributed by atoms with Gasteiger partial charge in [-0.15, -0.1) is 0 Å². The molecule has 0 aliphatic carbocycles. The summed E-state index contributed by atoms with van der Waals surface area (Å²) in [6.07, 6.45) is 1.77. The Hall–Kier alpha value is -2.75. The number of aromatic amines is 1. The maximum atomic E-state index is 12.6. The average Bonchev–Trinajstić information content (AvgIpc) is 2.92. The van der Waals surface area contributed by atoms with Crippen molar-refractivity contribution in [2.24, 2.45) is 0 Å². The van der Waals surface area contributed by atoms with E-state index in [0.717, 1.165) is 22.2 Å². The minimum atomic E-state index is 0.00396. The summed E-state index contributed by atoms with van der Waals surface area (Å²) in [4.78, 5) is 17.4. The van der Waals surface area contributed by atoms with E-state index in [1.165, 1.54) is 0 Å². The molecule has 106 valence electrons. The van der Waals surface area contributed by atoms with Crippen molar-refractivity contribution in [2.75, 3.05) is 12.8 Å². The number of aromatic nitrogens is 1. The van der Waals surface area contributed by atoms with Crippen LogP contribution in [0.25, 0.3) is 10.9 Å². The van der Waals surface area contributed by atoms with Crippen LogP contribution in [0.5, 0.6) is 0 Å². The van der Waals surface area contributed by atoms with Crippen molar-refractivity contribution in [3.63, 3.8) is 0 Å². The van der Waals surface area contributed by atoms with Crippen molar-refractivity contribution in [1.29, 1.82) is 0 Å². The van der Waals surface area contributed by atoms with Crippen molar-refractivity contribution >= 4 is 22.5 Å². The molecule has 3 aromatic rings. The van der Waals surface area contributed by atoms with Gasteiger partial charge in [-0.3, -0.25) is 4.79 Å². The molecular formula is C17H17N3O. The van der Waals surface area contributed by atoms with Gasteiger partial charge in [0.15, 0.2) is 0 Å². The fraction of sp³-hybridized carbons (Fsp3) is 0.118. The molecule has 3 rings (SSSR count). The standard InChI is InChI=1S/C17H17N3O/c1-20(11-12-6-8-13(18)9-7-12)17(21)15-10-19-16-5-3-2-4-14(15)16/h2-10,19H,11,18H2,1H3. The summed E-state index contributed by atoms with van der Waals surface area (Å²) in [5.74, 6) is 0.00396. The van der Waals surface area contributed by atoms with Crippen LogP contribution in [0.1, 0.15) is 15.9 Å². The average molecular weight is 279 g/mol. The molecule has 1 heterocycles. The van der Waals surface area contributed by atoms with Crippen LogP contribution in [0.4, 0.5) is 5.69 Å². The molecule has 0 radical (unpaired) electrons. The van der Waals surface area contributed by atoms with Gasteiger partial charge in [0, 0.05) is 36.4 Å². The smallest absolute Gasteiger partial charge is 0.256 e. The predicted octanol–water partition coefficient (Wildman–Crippen LogP) is 3.02. The van der Waals surface area contributed by atoms with Crippen LogP contribution in [0, 0.1) is 0 Å². The van der Waals surface area contributed by atoms with Gasteiger partial charge in [0.2, 0.25) is 0 Å². The molecule has 0 atom stereocenters. The minimum Gasteiger partial charge on any atom is -0.399 e. The summed E-state index contributed by atoms with van der Waals surface area (Å²) >= 11 is 0. The first-order valence-corrected chi connectivity index (χ1v) is 6.81. The third-order valence-electron chi connectivity index (χ3n) is 3.57. The van der Waals surface area contributed by atoms with Crippen molar-refractivity contribution < 1.29 is 4.79 Å². The zero-order valence-corrected chi connectivity index (χ0v) is 11.8. The molecule has 2 aromatic carbocycles. The van der Waals surface area contributed by atoms with E-state index in [-0.39, 0.29) is 5.91 Å². The van der Waals surface area contributed by atoms with Crippen molar-refractivity contribution in [3.8, 4) is 0 Å². The van der Waals surface area contributed by atoms with Gasteiger partial charge in [0.05, 0.1) is 5.56 Å². The number of rotatable bonds is 3. The predicted molar refractivity (Wildman–Crippen MR) is 85.0 cm³/mol. The molecule has 0 bridgehead atoms. The second kappa shape index (κ2) is 5.32. The van der Waals surface area contributed by atoms with Gasteiger partial charge in [-0.2, -0.15) is 0 Å². The van der Waals surface area contributed by atoms with Gasteiger partial charge in [0.1, 0.15) is 0 Å². The topological polar surface area (TPSA) is 62.1 Å². The third kappa shape index (κ3) is 2.60. The van der Waals surface area contributed by atoms with Crippen molar-refractivity contribution in [3.05, 3.63) is 65.9 Å². The molecule has 0 aliphatic heterocycles. The Balaban J connectivity index is 1.82. The zero-order chi connectivity index (χ0) is 14.8. The fourth-order valence-electron chi connectivity index (χ4n) is 2.42. The van der Waals surface area contributed by atoms with Gasteiger partial charge in [-0.1, -0.05) is 30.3 Å². The second-order valence-electron chi connectivity index (χ2n) is 5.15. The fourth-order valence-corrected chi connectivity index (χ4v) is 2.42. The Bertz CT molecular complexity index is 774. The first-order valence-electron chi connectivity index (χ1n) is 6.81. The summed E-state index contributed by atoms with van der Waals surface area (Å²) in [6.45, 7) is 0.554. The van der Waals surface area contributed by atoms with Gasteiger partial charge in [0.25, 0.3) is 5.91 Å².